The predicted molar refractivity (Wildman–Crippen MR) is 80.8 cm³/mol. The number of carbonyl (C=O) groups excluding carboxylic acids is 1. The molecule has 0 aromatic heterocycles. The van der Waals surface area contributed by atoms with Gasteiger partial charge in [-0.2, -0.15) is 0 Å². The highest BCUT2D eigenvalue weighted by atomic mass is 16.1. The number of hydrogen-bond acceptors (Lipinski definition) is 2. The Balaban J connectivity index is 2.15. The first-order valence-electron chi connectivity index (χ1n) is 8.02. The number of amides is 1. The molecule has 1 rings (SSSR count). The van der Waals surface area contributed by atoms with Crippen molar-refractivity contribution in [2.75, 3.05) is 6.54 Å². The van der Waals surface area contributed by atoms with Crippen molar-refractivity contribution in [2.24, 2.45) is 23.5 Å². The molecule has 4 atom stereocenters. The van der Waals surface area contributed by atoms with Crippen LogP contribution in [0, 0.1) is 17.8 Å². The summed E-state index contributed by atoms with van der Waals surface area (Å²) < 4.78 is 0. The van der Waals surface area contributed by atoms with Gasteiger partial charge < -0.3 is 11.1 Å². The van der Waals surface area contributed by atoms with Gasteiger partial charge in [0.25, 0.3) is 0 Å². The average molecular weight is 268 g/mol. The van der Waals surface area contributed by atoms with Crippen LogP contribution >= 0.6 is 0 Å². The van der Waals surface area contributed by atoms with Gasteiger partial charge in [-0.05, 0) is 44.4 Å². The minimum atomic E-state index is 0.125. The van der Waals surface area contributed by atoms with E-state index in [1.807, 2.05) is 13.8 Å². The Morgan fingerprint density at radius 3 is 2.68 bits per heavy atom. The van der Waals surface area contributed by atoms with Gasteiger partial charge in [-0.3, -0.25) is 4.79 Å². The number of nitrogens with one attached hydrogen (secondary N) is 1. The molecule has 1 saturated carbocycles. The summed E-state index contributed by atoms with van der Waals surface area (Å²) >= 11 is 0. The predicted octanol–water partition coefficient (Wildman–Crippen LogP) is 3.08. The Morgan fingerprint density at radius 1 is 1.32 bits per heavy atom. The van der Waals surface area contributed by atoms with Gasteiger partial charge in [0.2, 0.25) is 5.91 Å². The number of nitrogens with two attached hydrogens (primary N) is 1. The van der Waals surface area contributed by atoms with Crippen LogP contribution in [0.4, 0.5) is 0 Å². The highest BCUT2D eigenvalue weighted by Crippen LogP contribution is 2.28. The summed E-state index contributed by atoms with van der Waals surface area (Å²) in [4.78, 5) is 12.0. The van der Waals surface area contributed by atoms with E-state index in [2.05, 4.69) is 12.2 Å². The zero-order valence-electron chi connectivity index (χ0n) is 13.0. The lowest BCUT2D eigenvalue weighted by Gasteiger charge is -2.27. The molecular weight excluding hydrogens is 236 g/mol. The molecule has 0 aliphatic heterocycles. The molecule has 3 heteroatoms. The maximum atomic E-state index is 12.0. The second-order valence-corrected chi connectivity index (χ2v) is 6.69. The molecule has 19 heavy (non-hydrogen) atoms. The summed E-state index contributed by atoms with van der Waals surface area (Å²) in [5.41, 5.74) is 5.72. The van der Waals surface area contributed by atoms with Crippen molar-refractivity contribution >= 4 is 5.91 Å². The zero-order chi connectivity index (χ0) is 14.3. The first kappa shape index (κ1) is 16.5. The van der Waals surface area contributed by atoms with Gasteiger partial charge in [0.05, 0.1) is 0 Å². The molecule has 0 radical (unpaired) electrons. The summed E-state index contributed by atoms with van der Waals surface area (Å²) in [6, 6.07) is 0.249. The summed E-state index contributed by atoms with van der Waals surface area (Å²) in [5.74, 6) is 1.88. The van der Waals surface area contributed by atoms with Crippen LogP contribution in [-0.2, 0) is 4.79 Å². The van der Waals surface area contributed by atoms with E-state index in [4.69, 9.17) is 5.73 Å². The van der Waals surface area contributed by atoms with Crippen molar-refractivity contribution in [1.29, 1.82) is 0 Å². The standard InChI is InChI=1S/C16H32N2O/c1-12-6-4-9-15(10-12)11-18-16(19)13(2)7-5-8-14(3)17/h12-15H,4-11,17H2,1-3H3,(H,18,19). The molecule has 0 heterocycles. The normalized spacial score (nSPS) is 26.7. The monoisotopic (exact) mass is 268 g/mol. The highest BCUT2D eigenvalue weighted by molar-refractivity contribution is 5.78. The lowest BCUT2D eigenvalue weighted by atomic mass is 9.82. The number of rotatable bonds is 7. The van der Waals surface area contributed by atoms with Crippen LogP contribution in [0.2, 0.25) is 0 Å². The molecule has 1 aliphatic rings. The smallest absolute Gasteiger partial charge is 0.222 e. The van der Waals surface area contributed by atoms with E-state index >= 15 is 0 Å². The van der Waals surface area contributed by atoms with Crippen molar-refractivity contribution in [3.63, 3.8) is 0 Å². The lowest BCUT2D eigenvalue weighted by Crippen LogP contribution is -2.35. The fourth-order valence-corrected chi connectivity index (χ4v) is 3.04. The summed E-state index contributed by atoms with van der Waals surface area (Å²) in [6.45, 7) is 7.25. The van der Waals surface area contributed by atoms with E-state index in [9.17, 15) is 4.79 Å². The van der Waals surface area contributed by atoms with Gasteiger partial charge in [0, 0.05) is 18.5 Å². The Bertz CT molecular complexity index is 265. The van der Waals surface area contributed by atoms with Gasteiger partial charge in [0.15, 0.2) is 0 Å². The first-order chi connectivity index (χ1) is 8.99. The lowest BCUT2D eigenvalue weighted by molar-refractivity contribution is -0.125. The fourth-order valence-electron chi connectivity index (χ4n) is 3.04. The Morgan fingerprint density at radius 2 is 2.05 bits per heavy atom. The zero-order valence-corrected chi connectivity index (χ0v) is 13.0. The van der Waals surface area contributed by atoms with Crippen LogP contribution in [0.1, 0.15) is 65.7 Å². The molecule has 1 amide bonds. The maximum Gasteiger partial charge on any atom is 0.222 e. The summed E-state index contributed by atoms with van der Waals surface area (Å²) in [6.07, 6.45) is 8.26. The largest absolute Gasteiger partial charge is 0.356 e. The van der Waals surface area contributed by atoms with E-state index in [0.29, 0.717) is 5.92 Å². The van der Waals surface area contributed by atoms with Gasteiger partial charge in [-0.1, -0.05) is 33.1 Å². The minimum absolute atomic E-state index is 0.125. The van der Waals surface area contributed by atoms with Crippen molar-refractivity contribution in [3.05, 3.63) is 0 Å². The average Bonchev–Trinajstić information content (AvgIpc) is 2.35. The molecule has 4 unspecified atom stereocenters. The minimum Gasteiger partial charge on any atom is -0.356 e. The molecule has 0 bridgehead atoms. The van der Waals surface area contributed by atoms with Gasteiger partial charge in [0.1, 0.15) is 0 Å². The molecule has 0 aromatic carbocycles. The number of hydrogen-bond donors (Lipinski definition) is 2. The van der Waals surface area contributed by atoms with Gasteiger partial charge >= 0.3 is 0 Å². The third kappa shape index (κ3) is 6.95. The molecular formula is C16H32N2O. The molecule has 0 saturated heterocycles. The second-order valence-electron chi connectivity index (χ2n) is 6.69. The SMILES string of the molecule is CC(N)CCCC(C)C(=O)NCC1CCCC(C)C1. The Labute approximate surface area is 118 Å². The topological polar surface area (TPSA) is 55.1 Å². The fraction of sp³-hybridized carbons (Fsp3) is 0.938. The highest BCUT2D eigenvalue weighted by Gasteiger charge is 2.20. The molecule has 3 nitrogen and oxygen atoms in total. The summed E-state index contributed by atoms with van der Waals surface area (Å²) in [5, 5.41) is 3.14. The molecule has 0 aromatic rings. The van der Waals surface area contributed by atoms with E-state index in [1.54, 1.807) is 0 Å². The second kappa shape index (κ2) is 8.57. The maximum absolute atomic E-state index is 12.0. The third-order valence-corrected chi connectivity index (χ3v) is 4.35. The Hall–Kier alpha value is -0.570. The van der Waals surface area contributed by atoms with Gasteiger partial charge in [-0.25, -0.2) is 0 Å². The Kier molecular flexibility index (Phi) is 7.44. The van der Waals surface area contributed by atoms with Crippen molar-refractivity contribution < 1.29 is 4.79 Å². The molecule has 112 valence electrons. The molecule has 1 aliphatic carbocycles. The number of carbonyl (C=O) groups is 1. The van der Waals surface area contributed by atoms with E-state index in [0.717, 1.165) is 31.7 Å². The van der Waals surface area contributed by atoms with Crippen LogP contribution in [0.25, 0.3) is 0 Å². The summed E-state index contributed by atoms with van der Waals surface area (Å²) in [7, 11) is 0. The first-order valence-corrected chi connectivity index (χ1v) is 8.02. The van der Waals surface area contributed by atoms with E-state index in [-0.39, 0.29) is 17.9 Å². The van der Waals surface area contributed by atoms with Crippen molar-refractivity contribution in [1.82, 2.24) is 5.32 Å². The van der Waals surface area contributed by atoms with Crippen LogP contribution in [0.5, 0.6) is 0 Å². The molecule has 3 N–H and O–H groups in total. The van der Waals surface area contributed by atoms with Crippen LogP contribution in [0.15, 0.2) is 0 Å². The third-order valence-electron chi connectivity index (χ3n) is 4.35. The van der Waals surface area contributed by atoms with E-state index < -0.39 is 0 Å². The van der Waals surface area contributed by atoms with Crippen molar-refractivity contribution in [3.8, 4) is 0 Å². The van der Waals surface area contributed by atoms with Crippen LogP contribution < -0.4 is 11.1 Å². The van der Waals surface area contributed by atoms with Gasteiger partial charge in [-0.15, -0.1) is 0 Å². The van der Waals surface area contributed by atoms with Crippen LogP contribution in [0.3, 0.4) is 0 Å². The van der Waals surface area contributed by atoms with Crippen molar-refractivity contribution in [2.45, 2.75) is 71.8 Å². The van der Waals surface area contributed by atoms with E-state index in [1.165, 1.54) is 25.7 Å². The van der Waals surface area contributed by atoms with Crippen LogP contribution in [-0.4, -0.2) is 18.5 Å². The molecule has 0 spiro atoms. The molecule has 1 fully saturated rings. The quantitative estimate of drug-likeness (QED) is 0.745.